The first-order valence-corrected chi connectivity index (χ1v) is 10.8. The normalized spacial score (nSPS) is 16.6. The zero-order chi connectivity index (χ0) is 20.9. The molecular weight excluding hydrogens is 380 g/mol. The second kappa shape index (κ2) is 9.53. The predicted molar refractivity (Wildman–Crippen MR) is 116 cm³/mol. The monoisotopic (exact) mass is 410 g/mol. The van der Waals surface area contributed by atoms with E-state index in [1.165, 1.54) is 12.8 Å². The van der Waals surface area contributed by atoms with Crippen molar-refractivity contribution < 1.29 is 14.3 Å². The number of aryl methyl sites for hydroxylation is 2. The first-order valence-electron chi connectivity index (χ1n) is 10.8. The van der Waals surface area contributed by atoms with Gasteiger partial charge >= 0.3 is 0 Å². The highest BCUT2D eigenvalue weighted by Gasteiger charge is 2.23. The summed E-state index contributed by atoms with van der Waals surface area (Å²) in [7, 11) is 0. The fourth-order valence-electron chi connectivity index (χ4n) is 3.83. The Bertz CT molecular complexity index is 872. The van der Waals surface area contributed by atoms with Crippen molar-refractivity contribution in [1.82, 2.24) is 14.9 Å². The van der Waals surface area contributed by atoms with Gasteiger partial charge in [0.05, 0.1) is 6.10 Å². The van der Waals surface area contributed by atoms with Gasteiger partial charge in [0.1, 0.15) is 25.3 Å². The molecule has 30 heavy (non-hydrogen) atoms. The van der Waals surface area contributed by atoms with Gasteiger partial charge in [-0.25, -0.2) is 9.97 Å². The van der Waals surface area contributed by atoms with Crippen LogP contribution in [0.1, 0.15) is 37.1 Å². The molecule has 1 N–H and O–H groups in total. The summed E-state index contributed by atoms with van der Waals surface area (Å²) >= 11 is 0. The number of likely N-dealkylation sites (tertiary alicyclic amines) is 1. The molecule has 0 bridgehead atoms. The summed E-state index contributed by atoms with van der Waals surface area (Å²) in [6.45, 7) is 7.85. The summed E-state index contributed by atoms with van der Waals surface area (Å²) in [5, 5.41) is 2.93. The van der Waals surface area contributed by atoms with Crippen LogP contribution < -0.4 is 10.1 Å². The molecule has 4 rings (SSSR count). The Hall–Kier alpha value is -2.51. The van der Waals surface area contributed by atoms with Crippen molar-refractivity contribution in [2.24, 2.45) is 0 Å². The van der Waals surface area contributed by atoms with E-state index in [0.29, 0.717) is 12.3 Å². The molecule has 2 aromatic rings. The van der Waals surface area contributed by atoms with Crippen LogP contribution in [0, 0.1) is 13.8 Å². The van der Waals surface area contributed by atoms with E-state index in [1.54, 1.807) is 6.33 Å². The van der Waals surface area contributed by atoms with Gasteiger partial charge in [0.15, 0.2) is 0 Å². The third-order valence-electron chi connectivity index (χ3n) is 5.60. The van der Waals surface area contributed by atoms with E-state index in [4.69, 9.17) is 9.47 Å². The van der Waals surface area contributed by atoms with Crippen molar-refractivity contribution in [2.45, 2.75) is 45.6 Å². The van der Waals surface area contributed by atoms with Crippen molar-refractivity contribution in [1.29, 1.82) is 0 Å². The van der Waals surface area contributed by atoms with Crippen LogP contribution in [0.25, 0.3) is 11.1 Å². The van der Waals surface area contributed by atoms with Crippen LogP contribution in [0.2, 0.25) is 0 Å². The Kier molecular flexibility index (Phi) is 6.59. The maximum absolute atomic E-state index is 12.2. The highest BCUT2D eigenvalue weighted by Crippen LogP contribution is 2.35. The van der Waals surface area contributed by atoms with Gasteiger partial charge in [0, 0.05) is 34.7 Å². The highest BCUT2D eigenvalue weighted by molar-refractivity contribution is 5.93. The second-order valence-corrected chi connectivity index (χ2v) is 8.09. The van der Waals surface area contributed by atoms with Crippen LogP contribution in [0.15, 0.2) is 24.5 Å². The van der Waals surface area contributed by atoms with E-state index in [0.717, 1.165) is 60.7 Å². The van der Waals surface area contributed by atoms with Crippen LogP contribution in [-0.2, 0) is 9.53 Å². The molecule has 1 amide bonds. The molecule has 2 heterocycles. The van der Waals surface area contributed by atoms with Gasteiger partial charge in [-0.2, -0.15) is 0 Å². The molecule has 1 aromatic carbocycles. The predicted octanol–water partition coefficient (Wildman–Crippen LogP) is 3.35. The topological polar surface area (TPSA) is 76.6 Å². The molecule has 0 atom stereocenters. The number of hydrogen-bond donors (Lipinski definition) is 1. The number of hydrogen-bond acceptors (Lipinski definition) is 6. The number of amides is 1. The van der Waals surface area contributed by atoms with Crippen LogP contribution in [0.3, 0.4) is 0 Å². The minimum atomic E-state index is -0.145. The van der Waals surface area contributed by atoms with Gasteiger partial charge in [0.25, 0.3) is 0 Å². The molecule has 1 aliphatic heterocycles. The van der Waals surface area contributed by atoms with Gasteiger partial charge < -0.3 is 14.8 Å². The van der Waals surface area contributed by atoms with Crippen molar-refractivity contribution in [2.75, 3.05) is 38.2 Å². The lowest BCUT2D eigenvalue weighted by Gasteiger charge is -2.18. The molecule has 1 saturated carbocycles. The molecule has 7 nitrogen and oxygen atoms in total. The van der Waals surface area contributed by atoms with E-state index in [9.17, 15) is 4.79 Å². The SMILES string of the molecule is Cc1ncnc(C)c1-c1cc(NC(=O)COC2CC2)ccc1OCCN1CCCC1. The largest absolute Gasteiger partial charge is 0.492 e. The van der Waals surface area contributed by atoms with Crippen molar-refractivity contribution in [3.63, 3.8) is 0 Å². The van der Waals surface area contributed by atoms with E-state index < -0.39 is 0 Å². The fraction of sp³-hybridized carbons (Fsp3) is 0.522. The molecule has 0 radical (unpaired) electrons. The number of nitrogens with zero attached hydrogens (tertiary/aromatic N) is 3. The number of ether oxygens (including phenoxy) is 2. The average molecular weight is 411 g/mol. The first-order chi connectivity index (χ1) is 14.6. The molecule has 1 saturated heterocycles. The molecule has 0 unspecified atom stereocenters. The minimum Gasteiger partial charge on any atom is -0.492 e. The molecule has 2 aliphatic rings. The maximum Gasteiger partial charge on any atom is 0.250 e. The summed E-state index contributed by atoms with van der Waals surface area (Å²) in [6.07, 6.45) is 6.46. The summed E-state index contributed by atoms with van der Waals surface area (Å²) in [4.78, 5) is 23.4. The number of rotatable bonds is 9. The second-order valence-electron chi connectivity index (χ2n) is 8.09. The third-order valence-corrected chi connectivity index (χ3v) is 5.60. The van der Waals surface area contributed by atoms with Crippen molar-refractivity contribution >= 4 is 11.6 Å². The summed E-state index contributed by atoms with van der Waals surface area (Å²) in [5.41, 5.74) is 4.32. The number of carbonyl (C=O) groups is 1. The molecule has 7 heteroatoms. The maximum atomic E-state index is 12.2. The lowest BCUT2D eigenvalue weighted by atomic mass is 10.0. The van der Waals surface area contributed by atoms with Crippen molar-refractivity contribution in [3.05, 3.63) is 35.9 Å². The highest BCUT2D eigenvalue weighted by atomic mass is 16.5. The van der Waals surface area contributed by atoms with Crippen molar-refractivity contribution in [3.8, 4) is 16.9 Å². The van der Waals surface area contributed by atoms with Crippen LogP contribution in [0.5, 0.6) is 5.75 Å². The van der Waals surface area contributed by atoms with Crippen LogP contribution >= 0.6 is 0 Å². The molecule has 1 aliphatic carbocycles. The number of anilines is 1. The smallest absolute Gasteiger partial charge is 0.250 e. The zero-order valence-electron chi connectivity index (χ0n) is 17.8. The molecule has 160 valence electrons. The Labute approximate surface area is 177 Å². The Balaban J connectivity index is 1.52. The summed E-state index contributed by atoms with van der Waals surface area (Å²) in [5.74, 6) is 0.635. The number of benzene rings is 1. The number of aromatic nitrogens is 2. The molecule has 1 aromatic heterocycles. The summed E-state index contributed by atoms with van der Waals surface area (Å²) in [6, 6.07) is 5.74. The van der Waals surface area contributed by atoms with E-state index in [2.05, 4.69) is 20.2 Å². The van der Waals surface area contributed by atoms with Crippen LogP contribution in [0.4, 0.5) is 5.69 Å². The lowest BCUT2D eigenvalue weighted by Crippen LogP contribution is -2.25. The van der Waals surface area contributed by atoms with Gasteiger partial charge in [-0.3, -0.25) is 9.69 Å². The molecular formula is C23H30N4O3. The quantitative estimate of drug-likeness (QED) is 0.683. The zero-order valence-corrected chi connectivity index (χ0v) is 17.8. The number of nitrogens with one attached hydrogen (secondary N) is 1. The average Bonchev–Trinajstić information content (AvgIpc) is 3.41. The molecule has 0 spiro atoms. The van der Waals surface area contributed by atoms with Gasteiger partial charge in [-0.15, -0.1) is 0 Å². The molecule has 2 fully saturated rings. The Morgan fingerprint density at radius 2 is 1.90 bits per heavy atom. The third kappa shape index (κ3) is 5.34. The van der Waals surface area contributed by atoms with Gasteiger partial charge in [0.2, 0.25) is 5.91 Å². The number of carbonyl (C=O) groups excluding carboxylic acids is 1. The van der Waals surface area contributed by atoms with Gasteiger partial charge in [-0.05, 0) is 70.8 Å². The standard InChI is InChI=1S/C23H30N4O3/c1-16-23(17(2)25-15-24-16)20-13-18(26-22(28)14-30-19-6-7-19)5-8-21(20)29-12-11-27-9-3-4-10-27/h5,8,13,15,19H,3-4,6-7,9-12,14H2,1-2H3,(H,26,28). The van der Waals surface area contributed by atoms with E-state index in [-0.39, 0.29) is 18.6 Å². The van der Waals surface area contributed by atoms with Gasteiger partial charge in [-0.1, -0.05) is 0 Å². The van der Waals surface area contributed by atoms with E-state index in [1.807, 2.05) is 32.0 Å². The summed E-state index contributed by atoms with van der Waals surface area (Å²) < 4.78 is 11.7. The minimum absolute atomic E-state index is 0.0839. The van der Waals surface area contributed by atoms with E-state index >= 15 is 0 Å². The first kappa shape index (κ1) is 20.8. The van der Waals surface area contributed by atoms with Crippen LogP contribution in [-0.4, -0.2) is 59.7 Å². The fourth-order valence-corrected chi connectivity index (χ4v) is 3.83. The lowest BCUT2D eigenvalue weighted by molar-refractivity contribution is -0.121. The Morgan fingerprint density at radius 1 is 1.17 bits per heavy atom. The Morgan fingerprint density at radius 3 is 2.60 bits per heavy atom.